The van der Waals surface area contributed by atoms with Crippen LogP contribution in [0, 0.1) is 0 Å². The van der Waals surface area contributed by atoms with Gasteiger partial charge in [0.05, 0.1) is 17.4 Å². The largest absolute Gasteiger partial charge is 0.492 e. The van der Waals surface area contributed by atoms with Crippen molar-refractivity contribution in [3.05, 3.63) is 54.1 Å². The summed E-state index contributed by atoms with van der Waals surface area (Å²) in [6.07, 6.45) is 0.676. The SMILES string of the molecule is NC(=O)C1CCN(CCOc2ccc(S(N)(=O)=O)cc2)c2ccccc21. The van der Waals surface area contributed by atoms with Crippen molar-refractivity contribution in [2.45, 2.75) is 17.2 Å². The number of sulfonamides is 1. The predicted octanol–water partition coefficient (Wildman–Crippen LogP) is 1.19. The van der Waals surface area contributed by atoms with E-state index in [0.29, 0.717) is 25.3 Å². The molecular formula is C18H21N3O4S. The van der Waals surface area contributed by atoms with Gasteiger partial charge in [-0.2, -0.15) is 0 Å². The minimum atomic E-state index is -3.70. The molecule has 0 radical (unpaired) electrons. The number of nitrogens with zero attached hydrogens (tertiary/aromatic N) is 1. The lowest BCUT2D eigenvalue weighted by atomic mass is 9.89. The highest BCUT2D eigenvalue weighted by Gasteiger charge is 2.28. The lowest BCUT2D eigenvalue weighted by Gasteiger charge is -2.34. The Kier molecular flexibility index (Phi) is 5.15. The van der Waals surface area contributed by atoms with Gasteiger partial charge in [-0.1, -0.05) is 18.2 Å². The molecule has 1 amide bonds. The van der Waals surface area contributed by atoms with Crippen LogP contribution in [0.3, 0.4) is 0 Å². The van der Waals surface area contributed by atoms with Crippen LogP contribution < -0.4 is 20.5 Å². The Morgan fingerprint density at radius 1 is 1.15 bits per heavy atom. The molecule has 8 heteroatoms. The Labute approximate surface area is 152 Å². The van der Waals surface area contributed by atoms with Crippen LogP contribution in [0.25, 0.3) is 0 Å². The van der Waals surface area contributed by atoms with E-state index in [0.717, 1.165) is 17.8 Å². The van der Waals surface area contributed by atoms with E-state index < -0.39 is 10.0 Å². The first-order chi connectivity index (χ1) is 12.4. The Bertz CT molecular complexity index is 897. The molecule has 0 saturated carbocycles. The average molecular weight is 375 g/mol. The number of hydrogen-bond acceptors (Lipinski definition) is 5. The summed E-state index contributed by atoms with van der Waals surface area (Å²) in [6, 6.07) is 13.7. The smallest absolute Gasteiger partial charge is 0.238 e. The number of rotatable bonds is 6. The van der Waals surface area contributed by atoms with E-state index in [1.165, 1.54) is 12.1 Å². The Hall–Kier alpha value is -2.58. The third-order valence-corrected chi connectivity index (χ3v) is 5.40. The van der Waals surface area contributed by atoms with Gasteiger partial charge in [0.2, 0.25) is 15.9 Å². The van der Waals surface area contributed by atoms with Gasteiger partial charge in [0.25, 0.3) is 0 Å². The summed E-state index contributed by atoms with van der Waals surface area (Å²) < 4.78 is 28.2. The number of amides is 1. The number of hydrogen-bond donors (Lipinski definition) is 2. The van der Waals surface area contributed by atoms with Crippen molar-refractivity contribution in [3.8, 4) is 5.75 Å². The molecule has 1 heterocycles. The molecule has 1 atom stereocenters. The van der Waals surface area contributed by atoms with Gasteiger partial charge in [0.1, 0.15) is 12.4 Å². The van der Waals surface area contributed by atoms with Gasteiger partial charge < -0.3 is 15.4 Å². The zero-order chi connectivity index (χ0) is 18.7. The number of benzene rings is 2. The standard InChI is InChI=1S/C18H21N3O4S/c19-18(22)16-9-10-21(17-4-2-1-3-15(16)17)11-12-25-13-5-7-14(8-6-13)26(20,23)24/h1-8,16H,9-12H2,(H2,19,22)(H2,20,23,24). The van der Waals surface area contributed by atoms with Crippen molar-refractivity contribution >= 4 is 21.6 Å². The summed E-state index contributed by atoms with van der Waals surface area (Å²) in [4.78, 5) is 13.9. The molecule has 1 aliphatic heterocycles. The number of fused-ring (bicyclic) bond motifs is 1. The monoisotopic (exact) mass is 375 g/mol. The fourth-order valence-corrected chi connectivity index (χ4v) is 3.67. The second-order valence-electron chi connectivity index (χ2n) is 6.15. The second-order valence-corrected chi connectivity index (χ2v) is 7.72. The fraction of sp³-hybridized carbons (Fsp3) is 0.278. The van der Waals surface area contributed by atoms with Gasteiger partial charge in [0.15, 0.2) is 0 Å². The van der Waals surface area contributed by atoms with E-state index in [-0.39, 0.29) is 16.7 Å². The zero-order valence-corrected chi connectivity index (χ0v) is 15.0. The van der Waals surface area contributed by atoms with E-state index >= 15 is 0 Å². The van der Waals surface area contributed by atoms with Crippen LogP contribution in [0.5, 0.6) is 5.75 Å². The average Bonchev–Trinajstić information content (AvgIpc) is 2.61. The summed E-state index contributed by atoms with van der Waals surface area (Å²) in [5.74, 6) is 0.00938. The van der Waals surface area contributed by atoms with Crippen molar-refractivity contribution in [2.75, 3.05) is 24.6 Å². The minimum Gasteiger partial charge on any atom is -0.492 e. The van der Waals surface area contributed by atoms with Crippen molar-refractivity contribution < 1.29 is 17.9 Å². The number of para-hydroxylation sites is 1. The third-order valence-electron chi connectivity index (χ3n) is 4.47. The van der Waals surface area contributed by atoms with E-state index in [1.54, 1.807) is 12.1 Å². The van der Waals surface area contributed by atoms with Crippen molar-refractivity contribution in [1.29, 1.82) is 0 Å². The number of anilines is 1. The summed E-state index contributed by atoms with van der Waals surface area (Å²) in [5, 5.41) is 5.07. The molecule has 2 aromatic carbocycles. The molecular weight excluding hydrogens is 354 g/mol. The van der Waals surface area contributed by atoms with Crippen molar-refractivity contribution in [2.24, 2.45) is 10.9 Å². The maximum Gasteiger partial charge on any atom is 0.238 e. The summed E-state index contributed by atoms with van der Waals surface area (Å²) in [5.41, 5.74) is 7.46. The lowest BCUT2D eigenvalue weighted by molar-refractivity contribution is -0.119. The number of primary sulfonamides is 1. The molecule has 3 rings (SSSR count). The topological polar surface area (TPSA) is 116 Å². The van der Waals surface area contributed by atoms with Gasteiger partial charge in [-0.25, -0.2) is 13.6 Å². The molecule has 0 saturated heterocycles. The van der Waals surface area contributed by atoms with E-state index in [2.05, 4.69) is 4.90 Å². The van der Waals surface area contributed by atoms with Crippen molar-refractivity contribution in [3.63, 3.8) is 0 Å². The summed E-state index contributed by atoms with van der Waals surface area (Å²) in [6.45, 7) is 1.78. The highest BCUT2D eigenvalue weighted by atomic mass is 32.2. The van der Waals surface area contributed by atoms with Crippen LogP contribution in [0.2, 0.25) is 0 Å². The maximum atomic E-state index is 11.6. The Balaban J connectivity index is 1.63. The van der Waals surface area contributed by atoms with Crippen LogP contribution >= 0.6 is 0 Å². The van der Waals surface area contributed by atoms with E-state index in [4.69, 9.17) is 15.6 Å². The van der Waals surface area contributed by atoms with Gasteiger partial charge in [0, 0.05) is 12.2 Å². The van der Waals surface area contributed by atoms with Crippen LogP contribution in [0.15, 0.2) is 53.4 Å². The molecule has 0 aliphatic carbocycles. The molecule has 1 unspecified atom stereocenters. The summed E-state index contributed by atoms with van der Waals surface area (Å²) >= 11 is 0. The van der Waals surface area contributed by atoms with Crippen LogP contribution in [0.1, 0.15) is 17.9 Å². The van der Waals surface area contributed by atoms with Gasteiger partial charge in [-0.15, -0.1) is 0 Å². The maximum absolute atomic E-state index is 11.6. The molecule has 26 heavy (non-hydrogen) atoms. The zero-order valence-electron chi connectivity index (χ0n) is 14.2. The van der Waals surface area contributed by atoms with Crippen molar-refractivity contribution in [1.82, 2.24) is 0 Å². The lowest BCUT2D eigenvalue weighted by Crippen LogP contribution is -2.37. The van der Waals surface area contributed by atoms with E-state index in [1.807, 2.05) is 24.3 Å². The fourth-order valence-electron chi connectivity index (χ4n) is 3.16. The van der Waals surface area contributed by atoms with Gasteiger partial charge in [-0.3, -0.25) is 4.79 Å². The first kappa shape index (κ1) is 18.2. The predicted molar refractivity (Wildman–Crippen MR) is 98.5 cm³/mol. The van der Waals surface area contributed by atoms with Gasteiger partial charge >= 0.3 is 0 Å². The molecule has 138 valence electrons. The number of primary amides is 1. The quantitative estimate of drug-likeness (QED) is 0.787. The highest BCUT2D eigenvalue weighted by Crippen LogP contribution is 2.34. The first-order valence-corrected chi connectivity index (χ1v) is 9.80. The highest BCUT2D eigenvalue weighted by molar-refractivity contribution is 7.89. The number of nitrogens with two attached hydrogens (primary N) is 2. The molecule has 0 spiro atoms. The summed E-state index contributed by atoms with van der Waals surface area (Å²) in [7, 11) is -3.70. The third kappa shape index (κ3) is 3.97. The molecule has 0 fully saturated rings. The van der Waals surface area contributed by atoms with Gasteiger partial charge in [-0.05, 0) is 42.3 Å². The molecule has 1 aliphatic rings. The molecule has 4 N–H and O–H groups in total. The van der Waals surface area contributed by atoms with E-state index in [9.17, 15) is 13.2 Å². The van der Waals surface area contributed by atoms with Crippen LogP contribution in [-0.2, 0) is 14.8 Å². The minimum absolute atomic E-state index is 0.0484. The van der Waals surface area contributed by atoms with Crippen LogP contribution in [0.4, 0.5) is 5.69 Å². The number of carbonyl (C=O) groups excluding carboxylic acids is 1. The molecule has 7 nitrogen and oxygen atoms in total. The number of carbonyl (C=O) groups is 1. The second kappa shape index (κ2) is 7.35. The molecule has 2 aromatic rings. The first-order valence-electron chi connectivity index (χ1n) is 8.25. The Morgan fingerprint density at radius 3 is 2.50 bits per heavy atom. The van der Waals surface area contributed by atoms with Crippen LogP contribution in [-0.4, -0.2) is 34.0 Å². The normalized spacial score (nSPS) is 16.8. The number of ether oxygens (including phenoxy) is 1. The molecule has 0 bridgehead atoms. The molecule has 0 aromatic heterocycles. The Morgan fingerprint density at radius 2 is 1.85 bits per heavy atom.